The first-order valence-corrected chi connectivity index (χ1v) is 4.78. The molecule has 1 fully saturated rings. The topological polar surface area (TPSA) is 63.6 Å². The maximum Gasteiger partial charge on any atom is 0.330 e. The summed E-state index contributed by atoms with van der Waals surface area (Å²) in [6.45, 7) is 6.29. The third-order valence-electron chi connectivity index (χ3n) is 1.93. The van der Waals surface area contributed by atoms with Crippen molar-refractivity contribution in [3.63, 3.8) is 0 Å². The summed E-state index contributed by atoms with van der Waals surface area (Å²) in [4.78, 5) is 19.9. The first-order chi connectivity index (χ1) is 7.10. The molecule has 0 radical (unpaired) electrons. The van der Waals surface area contributed by atoms with E-state index in [1.807, 2.05) is 0 Å². The predicted octanol–water partition coefficient (Wildman–Crippen LogP) is 1.92. The van der Waals surface area contributed by atoms with Crippen LogP contribution in [0.3, 0.4) is 0 Å². The normalized spacial score (nSPS) is 14.7. The van der Waals surface area contributed by atoms with Gasteiger partial charge in [0, 0.05) is 12.2 Å². The summed E-state index contributed by atoms with van der Waals surface area (Å²) < 4.78 is 5.00. The van der Waals surface area contributed by atoms with Crippen molar-refractivity contribution in [2.75, 3.05) is 0 Å². The minimum atomic E-state index is -0.981. The highest BCUT2D eigenvalue weighted by Crippen LogP contribution is 2.20. The van der Waals surface area contributed by atoms with Crippen molar-refractivity contribution in [1.29, 1.82) is 0 Å². The van der Waals surface area contributed by atoms with Crippen molar-refractivity contribution >= 4 is 11.9 Å². The van der Waals surface area contributed by atoms with Crippen molar-refractivity contribution in [2.24, 2.45) is 0 Å². The van der Waals surface area contributed by atoms with E-state index in [2.05, 4.69) is 13.2 Å². The average Bonchev–Trinajstić information content (AvgIpc) is 2.71. The molecule has 4 nitrogen and oxygen atoms in total. The number of hydrogen-bond donors (Lipinski definition) is 1. The number of esters is 1. The van der Waals surface area contributed by atoms with E-state index in [0.29, 0.717) is 0 Å². The van der Waals surface area contributed by atoms with Crippen LogP contribution in [-0.2, 0) is 14.3 Å². The van der Waals surface area contributed by atoms with E-state index in [0.717, 1.165) is 18.9 Å². The molecule has 1 aliphatic carbocycles. The number of carbonyl (C=O) groups excluding carboxylic acids is 1. The van der Waals surface area contributed by atoms with Crippen LogP contribution in [0.25, 0.3) is 0 Å². The Morgan fingerprint density at radius 2 is 1.67 bits per heavy atom. The molecule has 0 aromatic carbocycles. The summed E-state index contributed by atoms with van der Waals surface area (Å²) in [6, 6.07) is 0. The Balaban J connectivity index is 0.000000336. The molecule has 15 heavy (non-hydrogen) atoms. The Bertz CT molecular complexity index is 239. The van der Waals surface area contributed by atoms with Gasteiger partial charge in [-0.15, -0.1) is 0 Å². The van der Waals surface area contributed by atoms with Crippen molar-refractivity contribution in [2.45, 2.75) is 31.8 Å². The second kappa shape index (κ2) is 7.79. The molecule has 0 amide bonds. The Hall–Kier alpha value is -1.58. The van der Waals surface area contributed by atoms with Gasteiger partial charge in [0.15, 0.2) is 0 Å². The third kappa shape index (κ3) is 7.49. The maximum atomic E-state index is 10.6. The van der Waals surface area contributed by atoms with Crippen LogP contribution < -0.4 is 0 Å². The van der Waals surface area contributed by atoms with Crippen LogP contribution in [-0.4, -0.2) is 23.1 Å². The first kappa shape index (κ1) is 13.4. The van der Waals surface area contributed by atoms with E-state index in [1.54, 1.807) is 0 Å². The molecular weight excluding hydrogens is 196 g/mol. The molecule has 0 atom stereocenters. The first-order valence-electron chi connectivity index (χ1n) is 4.78. The van der Waals surface area contributed by atoms with E-state index in [9.17, 15) is 9.59 Å². The summed E-state index contributed by atoms with van der Waals surface area (Å²) >= 11 is 0. The minimum absolute atomic E-state index is 0.172. The lowest BCUT2D eigenvalue weighted by Crippen LogP contribution is -2.11. The van der Waals surface area contributed by atoms with Gasteiger partial charge in [0.25, 0.3) is 0 Å². The molecule has 0 spiro atoms. The molecule has 1 saturated carbocycles. The van der Waals surface area contributed by atoms with Gasteiger partial charge in [-0.3, -0.25) is 0 Å². The van der Waals surface area contributed by atoms with Crippen LogP contribution in [0.15, 0.2) is 25.3 Å². The molecule has 1 aliphatic rings. The molecule has 1 rings (SSSR count). The van der Waals surface area contributed by atoms with Gasteiger partial charge in [-0.1, -0.05) is 13.2 Å². The van der Waals surface area contributed by atoms with Gasteiger partial charge in [0.2, 0.25) is 0 Å². The number of rotatable bonds is 3. The largest absolute Gasteiger partial charge is 0.478 e. The second-order valence-electron chi connectivity index (χ2n) is 3.09. The van der Waals surface area contributed by atoms with Crippen molar-refractivity contribution in [1.82, 2.24) is 0 Å². The summed E-state index contributed by atoms with van der Waals surface area (Å²) in [7, 11) is 0. The van der Waals surface area contributed by atoms with Crippen LogP contribution in [0.4, 0.5) is 0 Å². The highest BCUT2D eigenvalue weighted by molar-refractivity contribution is 5.81. The highest BCUT2D eigenvalue weighted by atomic mass is 16.5. The zero-order chi connectivity index (χ0) is 11.7. The Morgan fingerprint density at radius 3 is 2.00 bits per heavy atom. The van der Waals surface area contributed by atoms with Crippen molar-refractivity contribution < 1.29 is 19.4 Å². The van der Waals surface area contributed by atoms with Gasteiger partial charge in [0.1, 0.15) is 6.10 Å². The fourth-order valence-electron chi connectivity index (χ4n) is 1.22. The van der Waals surface area contributed by atoms with E-state index >= 15 is 0 Å². The van der Waals surface area contributed by atoms with Gasteiger partial charge < -0.3 is 9.84 Å². The lowest BCUT2D eigenvalue weighted by Gasteiger charge is -2.07. The second-order valence-corrected chi connectivity index (χ2v) is 3.09. The highest BCUT2D eigenvalue weighted by Gasteiger charge is 2.17. The molecule has 0 bridgehead atoms. The summed E-state index contributed by atoms with van der Waals surface area (Å²) in [6.07, 6.45) is 6.66. The van der Waals surface area contributed by atoms with Gasteiger partial charge >= 0.3 is 11.9 Å². The van der Waals surface area contributed by atoms with Gasteiger partial charge in [-0.2, -0.15) is 0 Å². The van der Waals surface area contributed by atoms with Crippen molar-refractivity contribution in [3.8, 4) is 0 Å². The van der Waals surface area contributed by atoms with E-state index < -0.39 is 5.97 Å². The number of ether oxygens (including phenoxy) is 1. The van der Waals surface area contributed by atoms with Crippen LogP contribution in [0, 0.1) is 0 Å². The molecule has 4 heteroatoms. The summed E-state index contributed by atoms with van der Waals surface area (Å²) in [5, 5.41) is 7.60. The zero-order valence-electron chi connectivity index (χ0n) is 8.65. The van der Waals surface area contributed by atoms with Gasteiger partial charge in [-0.05, 0) is 25.7 Å². The molecule has 0 heterocycles. The fraction of sp³-hybridized carbons (Fsp3) is 0.455. The number of carboxylic acids is 1. The van der Waals surface area contributed by atoms with Crippen LogP contribution >= 0.6 is 0 Å². The molecule has 0 aliphatic heterocycles. The van der Waals surface area contributed by atoms with Crippen LogP contribution in [0.2, 0.25) is 0 Å². The SMILES string of the molecule is C=CC(=O)O.C=CC(=O)OC1CCCC1. The number of carbonyl (C=O) groups is 2. The molecular formula is C11H16O4. The molecule has 0 unspecified atom stereocenters. The van der Waals surface area contributed by atoms with Gasteiger partial charge in [-0.25, -0.2) is 9.59 Å². The predicted molar refractivity (Wildman–Crippen MR) is 56.4 cm³/mol. The fourth-order valence-corrected chi connectivity index (χ4v) is 1.22. The van der Waals surface area contributed by atoms with E-state index in [-0.39, 0.29) is 12.1 Å². The zero-order valence-corrected chi connectivity index (χ0v) is 8.65. The van der Waals surface area contributed by atoms with E-state index in [1.165, 1.54) is 18.9 Å². The average molecular weight is 212 g/mol. The maximum absolute atomic E-state index is 10.6. The van der Waals surface area contributed by atoms with Gasteiger partial charge in [0.05, 0.1) is 0 Å². The monoisotopic (exact) mass is 212 g/mol. The van der Waals surface area contributed by atoms with Crippen LogP contribution in [0.1, 0.15) is 25.7 Å². The number of aliphatic carboxylic acids is 1. The molecule has 0 saturated heterocycles. The summed E-state index contributed by atoms with van der Waals surface area (Å²) in [5.41, 5.74) is 0. The Morgan fingerprint density at radius 1 is 1.20 bits per heavy atom. The lowest BCUT2D eigenvalue weighted by atomic mass is 10.3. The molecule has 0 aromatic rings. The van der Waals surface area contributed by atoms with Crippen molar-refractivity contribution in [3.05, 3.63) is 25.3 Å². The Kier molecular flexibility index (Phi) is 6.97. The minimum Gasteiger partial charge on any atom is -0.478 e. The van der Waals surface area contributed by atoms with Crippen LogP contribution in [0.5, 0.6) is 0 Å². The number of carboxylic acid groups (broad SMARTS) is 1. The molecule has 1 N–H and O–H groups in total. The standard InChI is InChI=1S/C8H12O2.C3H4O2/c1-2-8(9)10-7-5-3-4-6-7;1-2-3(4)5/h2,7H,1,3-6H2;2H,1H2,(H,4,5). The van der Waals surface area contributed by atoms with E-state index in [4.69, 9.17) is 9.84 Å². The summed E-state index contributed by atoms with van der Waals surface area (Å²) in [5.74, 6) is -1.27. The molecule has 0 aromatic heterocycles. The quantitative estimate of drug-likeness (QED) is 0.573. The number of hydrogen-bond acceptors (Lipinski definition) is 3. The Labute approximate surface area is 89.2 Å². The lowest BCUT2D eigenvalue weighted by molar-refractivity contribution is -0.142. The smallest absolute Gasteiger partial charge is 0.330 e. The molecule has 84 valence electrons. The third-order valence-corrected chi connectivity index (χ3v) is 1.93.